The van der Waals surface area contributed by atoms with Crippen molar-refractivity contribution in [3.63, 3.8) is 0 Å². The Bertz CT molecular complexity index is 1850. The second-order valence-corrected chi connectivity index (χ2v) is 11.2. The average Bonchev–Trinajstić information content (AvgIpc) is 3.14. The fraction of sp³-hybridized carbons (Fsp3) is 0.238. The van der Waals surface area contributed by atoms with Crippen molar-refractivity contribution in [1.82, 2.24) is 0 Å². The van der Waals surface area contributed by atoms with Gasteiger partial charge in [0.25, 0.3) is 0 Å². The second-order valence-electron chi connectivity index (χ2n) is 11.2. The summed E-state index contributed by atoms with van der Waals surface area (Å²) in [6, 6.07) is 28.6. The zero-order valence-electron chi connectivity index (χ0n) is 30.0. The number of ether oxygens (including phenoxy) is 5. The normalized spacial score (nSPS) is 11.0. The molecule has 0 atom stereocenters. The number of carbonyl (C=O) groups excluding carboxylic acids is 3. The molecule has 272 valence electrons. The maximum absolute atomic E-state index is 12.2. The number of benzene rings is 4. The molecule has 4 aromatic rings. The van der Waals surface area contributed by atoms with Gasteiger partial charge in [0, 0.05) is 11.1 Å². The van der Waals surface area contributed by atoms with Crippen LogP contribution in [-0.2, 0) is 23.8 Å². The first-order chi connectivity index (χ1) is 25.0. The van der Waals surface area contributed by atoms with Crippen LogP contribution in [0.15, 0.2) is 109 Å². The van der Waals surface area contributed by atoms with Crippen molar-refractivity contribution in [2.24, 2.45) is 0 Å². The summed E-state index contributed by atoms with van der Waals surface area (Å²) in [5, 5.41) is 9.04. The van der Waals surface area contributed by atoms with Crippen LogP contribution in [-0.4, -0.2) is 61.6 Å². The molecule has 0 saturated carbocycles. The summed E-state index contributed by atoms with van der Waals surface area (Å²) in [6.45, 7) is 9.97. The van der Waals surface area contributed by atoms with E-state index in [1.54, 1.807) is 87.5 Å². The first-order valence-electron chi connectivity index (χ1n) is 16.8. The number of hydrogen-bond donors (Lipinski definition) is 1. The Morgan fingerprint density at radius 1 is 0.558 bits per heavy atom. The Labute approximate surface area is 304 Å². The molecule has 4 rings (SSSR count). The van der Waals surface area contributed by atoms with E-state index in [0.717, 1.165) is 16.7 Å². The number of rotatable bonds is 17. The molecule has 0 aliphatic carbocycles. The van der Waals surface area contributed by atoms with Gasteiger partial charge in [-0.05, 0) is 94.3 Å². The van der Waals surface area contributed by atoms with Gasteiger partial charge in [-0.1, -0.05) is 71.8 Å². The predicted molar refractivity (Wildman–Crippen MR) is 198 cm³/mol. The molecule has 0 aromatic heterocycles. The highest BCUT2D eigenvalue weighted by Crippen LogP contribution is 2.18. The fourth-order valence-electron chi connectivity index (χ4n) is 4.56. The number of aliphatic carboxylic acids is 1. The molecular formula is C42H44O10. The Kier molecular flexibility index (Phi) is 16.4. The summed E-state index contributed by atoms with van der Waals surface area (Å²) >= 11 is 0. The molecule has 0 radical (unpaired) electrons. The fourth-order valence-corrected chi connectivity index (χ4v) is 4.56. The van der Waals surface area contributed by atoms with Crippen LogP contribution >= 0.6 is 0 Å². The van der Waals surface area contributed by atoms with Crippen molar-refractivity contribution in [3.05, 3.63) is 142 Å². The summed E-state index contributed by atoms with van der Waals surface area (Å²) in [6.07, 6.45) is 3.05. The largest absolute Gasteiger partial charge is 0.487 e. The number of carbonyl (C=O) groups is 4. The monoisotopic (exact) mass is 708 g/mol. The zero-order valence-corrected chi connectivity index (χ0v) is 30.0. The highest BCUT2D eigenvalue weighted by Gasteiger charge is 2.13. The molecule has 0 fully saturated rings. The van der Waals surface area contributed by atoms with Gasteiger partial charge in [0.05, 0.1) is 19.8 Å². The molecule has 0 aliphatic rings. The lowest BCUT2D eigenvalue weighted by Gasteiger charge is -2.09. The Morgan fingerprint density at radius 2 is 0.962 bits per heavy atom. The van der Waals surface area contributed by atoms with Gasteiger partial charge in [-0.15, -0.1) is 0 Å². The third kappa shape index (κ3) is 13.6. The molecule has 1 N–H and O–H groups in total. The van der Waals surface area contributed by atoms with Gasteiger partial charge >= 0.3 is 11.9 Å². The van der Waals surface area contributed by atoms with E-state index < -0.39 is 11.9 Å². The maximum Gasteiger partial charge on any atom is 0.373 e. The van der Waals surface area contributed by atoms with Crippen molar-refractivity contribution < 1.29 is 48.0 Å². The summed E-state index contributed by atoms with van der Waals surface area (Å²) in [4.78, 5) is 47.2. The van der Waals surface area contributed by atoms with E-state index in [1.165, 1.54) is 6.08 Å². The lowest BCUT2D eigenvalue weighted by atomic mass is 10.1. The first-order valence-corrected chi connectivity index (χ1v) is 16.8. The molecule has 0 unspecified atom stereocenters. The minimum atomic E-state index is -1.12. The van der Waals surface area contributed by atoms with Crippen LogP contribution in [0.4, 0.5) is 0 Å². The quantitative estimate of drug-likeness (QED) is 0.0499. The van der Waals surface area contributed by atoms with E-state index in [2.05, 4.69) is 0 Å². The Hall–Kier alpha value is -6.16. The molecule has 10 nitrogen and oxygen atoms in total. The minimum absolute atomic E-state index is 0.0361. The molecule has 0 saturated heterocycles. The topological polar surface area (TPSA) is 135 Å². The van der Waals surface area contributed by atoms with Crippen LogP contribution in [0.3, 0.4) is 0 Å². The molecule has 0 spiro atoms. The molecule has 0 aliphatic heterocycles. The van der Waals surface area contributed by atoms with E-state index in [4.69, 9.17) is 28.8 Å². The maximum atomic E-state index is 12.2. The predicted octanol–water partition coefficient (Wildman–Crippen LogP) is 7.92. The molecule has 10 heteroatoms. The van der Waals surface area contributed by atoms with Crippen LogP contribution in [0.2, 0.25) is 0 Å². The SMILES string of the molecule is CCO/C(=C\c1ccc(OCC(=O)c2cccc(C)c2)cc1)C(=O)O.CCOC(=O)/C(=C/c1ccc(OCC(=O)c2cccc(C)c2)cc1)OCC. The minimum Gasteiger partial charge on any atom is -0.487 e. The highest BCUT2D eigenvalue weighted by atomic mass is 16.6. The number of esters is 1. The van der Waals surface area contributed by atoms with Crippen LogP contribution < -0.4 is 9.47 Å². The summed E-state index contributed by atoms with van der Waals surface area (Å²) < 4.78 is 26.4. The molecule has 0 heterocycles. The lowest BCUT2D eigenvalue weighted by molar-refractivity contribution is -0.142. The van der Waals surface area contributed by atoms with E-state index in [9.17, 15) is 19.2 Å². The van der Waals surface area contributed by atoms with Gasteiger partial charge in [0.1, 0.15) is 11.5 Å². The Balaban J connectivity index is 0.000000281. The van der Waals surface area contributed by atoms with Crippen LogP contribution in [0.5, 0.6) is 11.5 Å². The number of aryl methyl sites for hydroxylation is 2. The first kappa shape index (κ1) is 40.3. The third-order valence-corrected chi connectivity index (χ3v) is 7.06. The number of Topliss-reactive ketones (excluding diaryl/α,β-unsaturated/α-hetero) is 2. The second kappa shape index (κ2) is 21.1. The lowest BCUT2D eigenvalue weighted by Crippen LogP contribution is -2.11. The number of hydrogen-bond acceptors (Lipinski definition) is 9. The number of carboxylic acid groups (broad SMARTS) is 1. The van der Waals surface area contributed by atoms with Gasteiger partial charge in [-0.25, -0.2) is 9.59 Å². The van der Waals surface area contributed by atoms with E-state index in [0.29, 0.717) is 34.8 Å². The standard InChI is InChI=1S/C22H24O5.C20H20O5/c1-4-25-21(22(24)26-5-2)14-17-9-11-19(12-10-17)27-15-20(23)18-8-6-7-16(3)13-18;1-3-24-19(20(22)23)12-15-7-9-17(10-8-15)25-13-18(21)16-6-4-5-14(2)11-16/h6-14H,4-5,15H2,1-3H3;4-12H,3,13H2,1-2H3,(H,22,23)/b21-14-;19-12-. The van der Waals surface area contributed by atoms with Crippen LogP contribution in [0.1, 0.15) is 63.7 Å². The van der Waals surface area contributed by atoms with Gasteiger partial charge in [-0.3, -0.25) is 9.59 Å². The molecule has 0 amide bonds. The van der Waals surface area contributed by atoms with Crippen molar-refractivity contribution in [2.45, 2.75) is 34.6 Å². The van der Waals surface area contributed by atoms with Crippen LogP contribution in [0.25, 0.3) is 12.2 Å². The molecular weight excluding hydrogens is 664 g/mol. The van der Waals surface area contributed by atoms with E-state index in [1.807, 2.05) is 50.2 Å². The average molecular weight is 709 g/mol. The smallest absolute Gasteiger partial charge is 0.373 e. The van der Waals surface area contributed by atoms with Gasteiger partial charge in [-0.2, -0.15) is 0 Å². The number of carboxylic acids is 1. The van der Waals surface area contributed by atoms with Crippen LogP contribution in [0, 0.1) is 13.8 Å². The summed E-state index contributed by atoms with van der Waals surface area (Å²) in [5.41, 5.74) is 4.73. The van der Waals surface area contributed by atoms with Crippen molar-refractivity contribution in [2.75, 3.05) is 33.0 Å². The third-order valence-electron chi connectivity index (χ3n) is 7.06. The zero-order chi connectivity index (χ0) is 37.9. The van der Waals surface area contributed by atoms with E-state index in [-0.39, 0.29) is 49.5 Å². The van der Waals surface area contributed by atoms with Gasteiger partial charge < -0.3 is 28.8 Å². The summed E-state index contributed by atoms with van der Waals surface area (Å²) in [5.74, 6) is -0.655. The van der Waals surface area contributed by atoms with Gasteiger partial charge in [0.15, 0.2) is 24.8 Å². The van der Waals surface area contributed by atoms with Crippen molar-refractivity contribution in [3.8, 4) is 11.5 Å². The molecule has 0 bridgehead atoms. The van der Waals surface area contributed by atoms with E-state index >= 15 is 0 Å². The molecule has 52 heavy (non-hydrogen) atoms. The number of ketones is 2. The Morgan fingerprint density at radius 3 is 1.35 bits per heavy atom. The highest BCUT2D eigenvalue weighted by molar-refractivity contribution is 5.98. The molecule has 4 aromatic carbocycles. The van der Waals surface area contributed by atoms with Crippen molar-refractivity contribution >= 4 is 35.7 Å². The van der Waals surface area contributed by atoms with Crippen molar-refractivity contribution in [1.29, 1.82) is 0 Å². The van der Waals surface area contributed by atoms with Gasteiger partial charge in [0.2, 0.25) is 11.5 Å². The summed E-state index contributed by atoms with van der Waals surface area (Å²) in [7, 11) is 0.